The van der Waals surface area contributed by atoms with Gasteiger partial charge in [0, 0.05) is 0 Å². The quantitative estimate of drug-likeness (QED) is 0.717. The third-order valence-corrected chi connectivity index (χ3v) is 4.90. The smallest absolute Gasteiger partial charge is 0.309 e. The molecule has 2 saturated carbocycles. The van der Waals surface area contributed by atoms with E-state index < -0.39 is 0 Å². The van der Waals surface area contributed by atoms with Gasteiger partial charge in [-0.3, -0.25) is 4.79 Å². The second-order valence-electron chi connectivity index (χ2n) is 6.37. The molecule has 4 bridgehead atoms. The van der Waals surface area contributed by atoms with Crippen molar-refractivity contribution in [3.05, 3.63) is 0 Å². The summed E-state index contributed by atoms with van der Waals surface area (Å²) in [4.78, 5) is 12.0. The summed E-state index contributed by atoms with van der Waals surface area (Å²) in [5.74, 6) is 0.630. The van der Waals surface area contributed by atoms with Gasteiger partial charge in [-0.25, -0.2) is 0 Å². The van der Waals surface area contributed by atoms with E-state index in [1.165, 1.54) is 6.42 Å². The van der Waals surface area contributed by atoms with Crippen molar-refractivity contribution in [1.82, 2.24) is 0 Å². The lowest BCUT2D eigenvalue weighted by Gasteiger charge is -2.45. The summed E-state index contributed by atoms with van der Waals surface area (Å²) < 4.78 is 16.6. The molecule has 4 heterocycles. The molecule has 0 radical (unpaired) electrons. The van der Waals surface area contributed by atoms with E-state index in [-0.39, 0.29) is 11.9 Å². The van der Waals surface area contributed by atoms with Gasteiger partial charge in [0.25, 0.3) is 0 Å². The number of carbonyl (C=O) groups excluding carboxylic acids is 1. The van der Waals surface area contributed by atoms with Gasteiger partial charge in [0.15, 0.2) is 0 Å². The summed E-state index contributed by atoms with van der Waals surface area (Å²) in [6.45, 7) is 0.599. The van der Waals surface area contributed by atoms with Crippen LogP contribution in [0.15, 0.2) is 0 Å². The first kappa shape index (κ1) is 11.2. The fraction of sp³-hybridized carbons (Fsp3) is 0.929. The number of ether oxygens (including phenoxy) is 3. The molecule has 0 spiro atoms. The minimum atomic E-state index is 0.00756. The minimum Gasteiger partial charge on any atom is -0.465 e. The molecule has 4 aliphatic heterocycles. The van der Waals surface area contributed by atoms with Crippen LogP contribution in [0.4, 0.5) is 0 Å². The lowest BCUT2D eigenvalue weighted by Crippen LogP contribution is -2.48. The van der Waals surface area contributed by atoms with Gasteiger partial charge in [-0.2, -0.15) is 0 Å². The zero-order valence-electron chi connectivity index (χ0n) is 10.5. The van der Waals surface area contributed by atoms with Crippen molar-refractivity contribution < 1.29 is 19.0 Å². The topological polar surface area (TPSA) is 44.8 Å². The molecule has 6 rings (SSSR count). The highest BCUT2D eigenvalue weighted by Crippen LogP contribution is 2.40. The van der Waals surface area contributed by atoms with E-state index in [4.69, 9.17) is 14.2 Å². The monoisotopic (exact) mass is 252 g/mol. The van der Waals surface area contributed by atoms with Crippen LogP contribution in [-0.4, -0.2) is 37.0 Å². The third kappa shape index (κ3) is 1.95. The van der Waals surface area contributed by atoms with Crippen molar-refractivity contribution in [2.75, 3.05) is 6.61 Å². The Morgan fingerprint density at radius 3 is 1.94 bits per heavy atom. The zero-order chi connectivity index (χ0) is 12.1. The first-order chi connectivity index (χ1) is 8.76. The molecular formula is C14H20O4. The first-order valence-electron chi connectivity index (χ1n) is 7.24. The molecule has 4 unspecified atom stereocenters. The number of rotatable bonds is 3. The van der Waals surface area contributed by atoms with Crippen molar-refractivity contribution in [2.24, 2.45) is 11.8 Å². The van der Waals surface area contributed by atoms with E-state index in [0.29, 0.717) is 36.9 Å². The van der Waals surface area contributed by atoms with Gasteiger partial charge < -0.3 is 14.2 Å². The molecule has 0 aromatic rings. The van der Waals surface area contributed by atoms with Crippen LogP contribution >= 0.6 is 0 Å². The normalized spacial score (nSPS) is 48.9. The number of carbonyl (C=O) groups is 1. The zero-order valence-corrected chi connectivity index (χ0v) is 10.5. The van der Waals surface area contributed by atoms with Crippen LogP contribution in [0.25, 0.3) is 0 Å². The predicted molar refractivity (Wildman–Crippen MR) is 63.0 cm³/mol. The van der Waals surface area contributed by atoms with Gasteiger partial charge in [-0.1, -0.05) is 0 Å². The molecule has 0 N–H and O–H groups in total. The highest BCUT2D eigenvalue weighted by Gasteiger charge is 2.43. The fourth-order valence-electron chi connectivity index (χ4n) is 3.93. The molecule has 0 aromatic heterocycles. The lowest BCUT2D eigenvalue weighted by molar-refractivity contribution is -0.196. The summed E-state index contributed by atoms with van der Waals surface area (Å²) in [6.07, 6.45) is 7.80. The second-order valence-corrected chi connectivity index (χ2v) is 6.37. The number of fused-ring (bicyclic) bond motifs is 4. The van der Waals surface area contributed by atoms with Gasteiger partial charge in [0.1, 0.15) is 0 Å². The van der Waals surface area contributed by atoms with Crippen molar-refractivity contribution >= 4 is 5.97 Å². The van der Waals surface area contributed by atoms with Gasteiger partial charge in [-0.05, 0) is 44.4 Å². The van der Waals surface area contributed by atoms with Gasteiger partial charge in [-0.15, -0.1) is 0 Å². The molecule has 2 aliphatic carbocycles. The van der Waals surface area contributed by atoms with Crippen LogP contribution in [0.3, 0.4) is 0 Å². The summed E-state index contributed by atoms with van der Waals surface area (Å²) in [6, 6.07) is 0. The van der Waals surface area contributed by atoms with E-state index in [1.807, 2.05) is 0 Å². The minimum absolute atomic E-state index is 0.00756. The number of hydrogen-bond donors (Lipinski definition) is 0. The Morgan fingerprint density at radius 2 is 1.39 bits per heavy atom. The van der Waals surface area contributed by atoms with Gasteiger partial charge in [0.2, 0.25) is 0 Å². The Bertz CT molecular complexity index is 324. The van der Waals surface area contributed by atoms with Crippen LogP contribution in [0.1, 0.15) is 38.5 Å². The molecule has 18 heavy (non-hydrogen) atoms. The Morgan fingerprint density at radius 1 is 0.889 bits per heavy atom. The van der Waals surface area contributed by atoms with Crippen molar-refractivity contribution in [3.8, 4) is 0 Å². The lowest BCUT2D eigenvalue weighted by atomic mass is 9.80. The molecule has 0 aromatic carbocycles. The van der Waals surface area contributed by atoms with Crippen LogP contribution in [0.5, 0.6) is 0 Å². The molecule has 4 atom stereocenters. The average Bonchev–Trinajstić information content (AvgIpc) is 2.35. The maximum atomic E-state index is 12.0. The number of esters is 1. The van der Waals surface area contributed by atoms with E-state index in [9.17, 15) is 4.79 Å². The maximum absolute atomic E-state index is 12.0. The highest BCUT2D eigenvalue weighted by atomic mass is 16.5. The molecule has 4 saturated heterocycles. The Labute approximate surface area is 107 Å². The molecule has 6 fully saturated rings. The fourth-order valence-corrected chi connectivity index (χ4v) is 3.93. The standard InChI is InChI=1S/C14H20O4/c15-14(9-3-12-6-13(4-9)18-12)16-7-8-1-10-5-11(2-8)17-10/h8-13H,1-7H2. The largest absolute Gasteiger partial charge is 0.465 e. The summed E-state index contributed by atoms with van der Waals surface area (Å²) in [5, 5.41) is 0. The highest BCUT2D eigenvalue weighted by molar-refractivity contribution is 5.72. The van der Waals surface area contributed by atoms with E-state index in [2.05, 4.69) is 0 Å². The molecule has 6 aliphatic rings. The molecular weight excluding hydrogens is 232 g/mol. The SMILES string of the molecule is O=C(OCC1CC2CC(C1)O2)C1CC2CC(C1)O2. The molecule has 4 heteroatoms. The number of hydrogen-bond acceptors (Lipinski definition) is 4. The summed E-state index contributed by atoms with van der Waals surface area (Å²) >= 11 is 0. The Hall–Kier alpha value is -0.610. The van der Waals surface area contributed by atoms with E-state index in [0.717, 1.165) is 32.1 Å². The Balaban J connectivity index is 1.23. The Kier molecular flexibility index (Phi) is 2.62. The molecule has 100 valence electrons. The molecule has 0 amide bonds. The first-order valence-corrected chi connectivity index (χ1v) is 7.24. The summed E-state index contributed by atoms with van der Waals surface area (Å²) in [5.41, 5.74) is 0. The van der Waals surface area contributed by atoms with E-state index in [1.54, 1.807) is 0 Å². The van der Waals surface area contributed by atoms with Crippen molar-refractivity contribution in [3.63, 3.8) is 0 Å². The van der Waals surface area contributed by atoms with Gasteiger partial charge in [0.05, 0.1) is 36.9 Å². The van der Waals surface area contributed by atoms with Crippen molar-refractivity contribution in [2.45, 2.75) is 62.9 Å². The third-order valence-electron chi connectivity index (χ3n) is 4.90. The van der Waals surface area contributed by atoms with Crippen LogP contribution < -0.4 is 0 Å². The predicted octanol–water partition coefficient (Wildman–Crippen LogP) is 1.66. The summed E-state index contributed by atoms with van der Waals surface area (Å²) in [7, 11) is 0. The van der Waals surface area contributed by atoms with Gasteiger partial charge >= 0.3 is 5.97 Å². The van der Waals surface area contributed by atoms with E-state index >= 15 is 0 Å². The van der Waals surface area contributed by atoms with Crippen molar-refractivity contribution in [1.29, 1.82) is 0 Å². The van der Waals surface area contributed by atoms with Crippen LogP contribution in [-0.2, 0) is 19.0 Å². The second kappa shape index (κ2) is 4.20. The average molecular weight is 252 g/mol. The van der Waals surface area contributed by atoms with Crippen LogP contribution in [0.2, 0.25) is 0 Å². The van der Waals surface area contributed by atoms with Crippen LogP contribution in [0, 0.1) is 11.8 Å². The molecule has 4 nitrogen and oxygen atoms in total. The maximum Gasteiger partial charge on any atom is 0.309 e.